The average Bonchev–Trinajstić information content (AvgIpc) is 2.77. The van der Waals surface area contributed by atoms with Gasteiger partial charge in [-0.15, -0.1) is 10.2 Å². The van der Waals surface area contributed by atoms with Gasteiger partial charge in [-0.1, -0.05) is 30.3 Å². The van der Waals surface area contributed by atoms with Gasteiger partial charge in [0.05, 0.1) is 13.2 Å². The first kappa shape index (κ1) is 13.9. The van der Waals surface area contributed by atoms with Crippen molar-refractivity contribution in [2.75, 3.05) is 13.2 Å². The lowest BCUT2D eigenvalue weighted by atomic mass is 10.2. The fraction of sp³-hybridized carbons (Fsp3) is 0.333. The third-order valence-electron chi connectivity index (χ3n) is 2.44. The van der Waals surface area contributed by atoms with Crippen molar-refractivity contribution in [3.63, 3.8) is 0 Å². The lowest BCUT2D eigenvalue weighted by Gasteiger charge is -2.08. The Bertz CT molecular complexity index is 519. The van der Waals surface area contributed by atoms with Crippen molar-refractivity contribution in [3.05, 3.63) is 35.6 Å². The topological polar surface area (TPSA) is 39.9 Å². The maximum atomic E-state index is 11.9. The van der Waals surface area contributed by atoms with Crippen LogP contribution in [-0.4, -0.2) is 34.4 Å². The molecule has 0 amide bonds. The molecule has 19 heavy (non-hydrogen) atoms. The van der Waals surface area contributed by atoms with E-state index in [-0.39, 0.29) is 11.9 Å². The summed E-state index contributed by atoms with van der Waals surface area (Å²) in [4.78, 5) is 0. The van der Waals surface area contributed by atoms with Gasteiger partial charge in [0.2, 0.25) is 5.28 Å². The first-order chi connectivity index (χ1) is 9.18. The van der Waals surface area contributed by atoms with Gasteiger partial charge in [0.25, 0.3) is 6.43 Å². The van der Waals surface area contributed by atoms with Crippen molar-refractivity contribution in [2.45, 2.75) is 13.0 Å². The van der Waals surface area contributed by atoms with Crippen LogP contribution in [0.3, 0.4) is 0 Å². The van der Waals surface area contributed by atoms with Crippen LogP contribution in [0, 0.1) is 0 Å². The molecule has 0 aliphatic carbocycles. The Balaban J connectivity index is 2.06. The molecule has 0 radical (unpaired) electrons. The molecule has 0 bridgehead atoms. The Morgan fingerprint density at radius 3 is 2.63 bits per heavy atom. The second-order valence-corrected chi connectivity index (χ2v) is 4.11. The van der Waals surface area contributed by atoms with Crippen LogP contribution in [0.1, 0.15) is 0 Å². The summed E-state index contributed by atoms with van der Waals surface area (Å²) in [7, 11) is 0. The highest BCUT2D eigenvalue weighted by atomic mass is 35.5. The summed E-state index contributed by atoms with van der Waals surface area (Å²) in [6.45, 7) is -0.134. The fourth-order valence-electron chi connectivity index (χ4n) is 1.61. The fourth-order valence-corrected chi connectivity index (χ4v) is 1.81. The van der Waals surface area contributed by atoms with Crippen molar-refractivity contribution in [1.82, 2.24) is 14.8 Å². The zero-order chi connectivity index (χ0) is 13.7. The van der Waals surface area contributed by atoms with Crippen LogP contribution in [0.2, 0.25) is 5.28 Å². The Hall–Kier alpha value is -1.53. The Kier molecular flexibility index (Phi) is 4.81. The molecule has 1 aromatic carbocycles. The second-order valence-electron chi connectivity index (χ2n) is 3.78. The minimum atomic E-state index is -2.47. The van der Waals surface area contributed by atoms with E-state index < -0.39 is 13.0 Å². The van der Waals surface area contributed by atoms with Crippen LogP contribution in [0.5, 0.6) is 0 Å². The Morgan fingerprint density at radius 1 is 1.21 bits per heavy atom. The molecule has 7 heteroatoms. The van der Waals surface area contributed by atoms with Gasteiger partial charge in [-0.2, -0.15) is 0 Å². The summed E-state index contributed by atoms with van der Waals surface area (Å²) in [6, 6.07) is 9.37. The Morgan fingerprint density at radius 2 is 1.95 bits per heavy atom. The maximum absolute atomic E-state index is 11.9. The molecule has 0 saturated carbocycles. The molecule has 4 nitrogen and oxygen atoms in total. The normalized spacial score (nSPS) is 11.2. The minimum Gasteiger partial charge on any atom is -0.374 e. The van der Waals surface area contributed by atoms with Gasteiger partial charge in [0, 0.05) is 5.56 Å². The molecule has 1 aromatic heterocycles. The van der Waals surface area contributed by atoms with E-state index in [1.165, 1.54) is 0 Å². The first-order valence-electron chi connectivity index (χ1n) is 5.68. The number of ether oxygens (including phenoxy) is 1. The molecule has 1 heterocycles. The van der Waals surface area contributed by atoms with Crippen LogP contribution >= 0.6 is 11.6 Å². The first-order valence-corrected chi connectivity index (χ1v) is 6.06. The summed E-state index contributed by atoms with van der Waals surface area (Å²) in [5.74, 6) is 0.589. The molecule has 0 atom stereocenters. The molecule has 0 aliphatic heterocycles. The zero-order valence-electron chi connectivity index (χ0n) is 9.97. The van der Waals surface area contributed by atoms with Crippen LogP contribution in [0.15, 0.2) is 30.3 Å². The predicted octanol–water partition coefficient (Wildman–Crippen LogP) is 2.88. The number of halogens is 3. The van der Waals surface area contributed by atoms with E-state index in [9.17, 15) is 8.78 Å². The maximum Gasteiger partial charge on any atom is 0.261 e. The predicted molar refractivity (Wildman–Crippen MR) is 67.3 cm³/mol. The van der Waals surface area contributed by atoms with E-state index >= 15 is 0 Å². The van der Waals surface area contributed by atoms with E-state index in [1.807, 2.05) is 30.3 Å². The number of aromatic nitrogens is 3. The van der Waals surface area contributed by atoms with Crippen LogP contribution < -0.4 is 0 Å². The smallest absolute Gasteiger partial charge is 0.261 e. The molecule has 0 saturated heterocycles. The molecule has 0 unspecified atom stereocenters. The third kappa shape index (κ3) is 3.71. The summed E-state index contributed by atoms with van der Waals surface area (Å²) >= 11 is 5.92. The van der Waals surface area contributed by atoms with Crippen LogP contribution in [0.25, 0.3) is 11.4 Å². The van der Waals surface area contributed by atoms with E-state index in [2.05, 4.69) is 10.2 Å². The molecule has 0 N–H and O–H groups in total. The van der Waals surface area contributed by atoms with E-state index in [1.54, 1.807) is 4.57 Å². The number of alkyl halides is 2. The summed E-state index contributed by atoms with van der Waals surface area (Å²) in [6.07, 6.45) is -2.47. The summed E-state index contributed by atoms with van der Waals surface area (Å²) in [5, 5.41) is 7.97. The standard InChI is InChI=1S/C12H12ClF2N3O/c13-12-17-16-11(9-4-2-1-3-5-9)18(12)6-7-19-8-10(14)15/h1-5,10H,6-8H2. The van der Waals surface area contributed by atoms with Gasteiger partial charge in [0.1, 0.15) is 6.61 Å². The van der Waals surface area contributed by atoms with Gasteiger partial charge in [-0.25, -0.2) is 8.78 Å². The van der Waals surface area contributed by atoms with Crippen molar-refractivity contribution in [3.8, 4) is 11.4 Å². The lowest BCUT2D eigenvalue weighted by Crippen LogP contribution is -2.11. The van der Waals surface area contributed by atoms with E-state index in [0.29, 0.717) is 12.4 Å². The van der Waals surface area contributed by atoms with Crippen molar-refractivity contribution < 1.29 is 13.5 Å². The highest BCUT2D eigenvalue weighted by Gasteiger charge is 2.12. The highest BCUT2D eigenvalue weighted by Crippen LogP contribution is 2.20. The van der Waals surface area contributed by atoms with Crippen molar-refractivity contribution in [1.29, 1.82) is 0 Å². The zero-order valence-corrected chi connectivity index (χ0v) is 10.7. The second kappa shape index (κ2) is 6.58. The quantitative estimate of drug-likeness (QED) is 0.767. The minimum absolute atomic E-state index is 0.127. The SMILES string of the molecule is FC(F)COCCn1c(Cl)nnc1-c1ccccc1. The van der Waals surface area contributed by atoms with Crippen molar-refractivity contribution >= 4 is 11.6 Å². The molecule has 0 fully saturated rings. The molecule has 0 aliphatic rings. The molecular weight excluding hydrogens is 276 g/mol. The van der Waals surface area contributed by atoms with E-state index in [0.717, 1.165) is 5.56 Å². The van der Waals surface area contributed by atoms with Gasteiger partial charge in [0.15, 0.2) is 5.82 Å². The molecule has 102 valence electrons. The van der Waals surface area contributed by atoms with Crippen LogP contribution in [-0.2, 0) is 11.3 Å². The number of rotatable bonds is 6. The largest absolute Gasteiger partial charge is 0.374 e. The number of hydrogen-bond acceptors (Lipinski definition) is 3. The van der Waals surface area contributed by atoms with Gasteiger partial charge < -0.3 is 4.74 Å². The van der Waals surface area contributed by atoms with Gasteiger partial charge in [-0.3, -0.25) is 4.57 Å². The summed E-state index contributed by atoms with van der Waals surface area (Å²) in [5.41, 5.74) is 0.857. The molecular formula is C12H12ClF2N3O. The van der Waals surface area contributed by atoms with Gasteiger partial charge >= 0.3 is 0 Å². The monoisotopic (exact) mass is 287 g/mol. The molecule has 0 spiro atoms. The van der Waals surface area contributed by atoms with Crippen molar-refractivity contribution in [2.24, 2.45) is 0 Å². The number of nitrogens with zero attached hydrogens (tertiary/aromatic N) is 3. The summed E-state index contributed by atoms with van der Waals surface area (Å²) < 4.78 is 30.3. The number of hydrogen-bond donors (Lipinski definition) is 0. The lowest BCUT2D eigenvalue weighted by molar-refractivity contribution is 0.0148. The molecule has 2 aromatic rings. The van der Waals surface area contributed by atoms with Gasteiger partial charge in [-0.05, 0) is 11.6 Å². The average molecular weight is 288 g/mol. The highest BCUT2D eigenvalue weighted by molar-refractivity contribution is 6.28. The van der Waals surface area contributed by atoms with Crippen LogP contribution in [0.4, 0.5) is 8.78 Å². The van der Waals surface area contributed by atoms with E-state index in [4.69, 9.17) is 16.3 Å². The number of benzene rings is 1. The molecule has 2 rings (SSSR count). The third-order valence-corrected chi connectivity index (χ3v) is 2.72. The Labute approximate surface area is 114 Å².